The van der Waals surface area contributed by atoms with Gasteiger partial charge in [0.1, 0.15) is 0 Å². The van der Waals surface area contributed by atoms with Crippen molar-refractivity contribution in [2.75, 3.05) is 46.1 Å². The van der Waals surface area contributed by atoms with E-state index in [1.54, 1.807) is 0 Å². The van der Waals surface area contributed by atoms with Crippen molar-refractivity contribution in [1.29, 1.82) is 0 Å². The molecular formula is C24H51NO4. The van der Waals surface area contributed by atoms with E-state index in [1.807, 2.05) is 0 Å². The minimum absolute atomic E-state index is 0.366. The molecule has 0 aromatic carbocycles. The topological polar surface area (TPSA) is 62.2 Å². The third-order valence-corrected chi connectivity index (χ3v) is 5.75. The van der Waals surface area contributed by atoms with Gasteiger partial charge in [0.2, 0.25) is 0 Å². The van der Waals surface area contributed by atoms with E-state index in [4.69, 9.17) is 9.47 Å². The van der Waals surface area contributed by atoms with Gasteiger partial charge in [-0.05, 0) is 50.5 Å². The van der Waals surface area contributed by atoms with Crippen LogP contribution in [-0.2, 0) is 9.47 Å². The van der Waals surface area contributed by atoms with Crippen molar-refractivity contribution >= 4 is 0 Å². The minimum Gasteiger partial charge on any atom is -0.389 e. The standard InChI is InChI=1S/C24H51NO4/c1-6-9-14-25(17-23(26)19-28-15-10-12-21(4)7-2)18-24(27)20-29-16-11-13-22(5)8-3/h21-24,26-27H,6-20H2,1-5H3. The molecule has 0 aromatic rings. The lowest BCUT2D eigenvalue weighted by Gasteiger charge is -2.27. The largest absolute Gasteiger partial charge is 0.389 e. The molecule has 4 unspecified atom stereocenters. The zero-order valence-corrected chi connectivity index (χ0v) is 20.1. The predicted molar refractivity (Wildman–Crippen MR) is 122 cm³/mol. The first-order valence-electron chi connectivity index (χ1n) is 12.2. The molecule has 0 aliphatic rings. The molecule has 29 heavy (non-hydrogen) atoms. The van der Waals surface area contributed by atoms with Gasteiger partial charge in [-0.3, -0.25) is 4.90 Å². The summed E-state index contributed by atoms with van der Waals surface area (Å²) >= 11 is 0. The highest BCUT2D eigenvalue weighted by Gasteiger charge is 2.16. The molecule has 0 bridgehead atoms. The van der Waals surface area contributed by atoms with E-state index in [1.165, 1.54) is 25.7 Å². The van der Waals surface area contributed by atoms with Crippen LogP contribution < -0.4 is 0 Å². The van der Waals surface area contributed by atoms with Crippen LogP contribution >= 0.6 is 0 Å². The van der Waals surface area contributed by atoms with Crippen molar-refractivity contribution in [2.45, 2.75) is 98.2 Å². The van der Waals surface area contributed by atoms with Gasteiger partial charge in [-0.25, -0.2) is 0 Å². The Bertz CT molecular complexity index is 315. The molecule has 5 heteroatoms. The first-order valence-corrected chi connectivity index (χ1v) is 12.2. The third kappa shape index (κ3) is 18.3. The number of rotatable bonds is 21. The first kappa shape index (κ1) is 28.8. The number of ether oxygens (including phenoxy) is 2. The summed E-state index contributed by atoms with van der Waals surface area (Å²) < 4.78 is 11.3. The smallest absolute Gasteiger partial charge is 0.0900 e. The van der Waals surface area contributed by atoms with Gasteiger partial charge < -0.3 is 19.7 Å². The second-order valence-electron chi connectivity index (χ2n) is 8.88. The molecule has 0 aliphatic carbocycles. The summed E-state index contributed by atoms with van der Waals surface area (Å²) in [5.41, 5.74) is 0. The predicted octanol–water partition coefficient (Wildman–Crippen LogP) is 4.50. The zero-order valence-electron chi connectivity index (χ0n) is 20.1. The SMILES string of the molecule is CCCCN(CC(O)COCCCC(C)CC)CC(O)COCCCC(C)CC. The van der Waals surface area contributed by atoms with Gasteiger partial charge in [0.15, 0.2) is 0 Å². The van der Waals surface area contributed by atoms with Gasteiger partial charge in [-0.1, -0.05) is 53.9 Å². The maximum Gasteiger partial charge on any atom is 0.0900 e. The van der Waals surface area contributed by atoms with Crippen LogP contribution in [0.2, 0.25) is 0 Å². The third-order valence-electron chi connectivity index (χ3n) is 5.75. The molecule has 5 nitrogen and oxygen atoms in total. The summed E-state index contributed by atoms with van der Waals surface area (Å²) in [4.78, 5) is 2.14. The van der Waals surface area contributed by atoms with Crippen molar-refractivity contribution in [3.63, 3.8) is 0 Å². The molecule has 0 saturated heterocycles. The number of nitrogens with zero attached hydrogens (tertiary/aromatic N) is 1. The highest BCUT2D eigenvalue weighted by atomic mass is 16.5. The summed E-state index contributed by atoms with van der Waals surface area (Å²) in [7, 11) is 0. The number of unbranched alkanes of at least 4 members (excludes halogenated alkanes) is 1. The molecule has 0 spiro atoms. The molecule has 0 heterocycles. The number of aliphatic hydroxyl groups excluding tert-OH is 2. The van der Waals surface area contributed by atoms with Gasteiger partial charge in [0, 0.05) is 26.3 Å². The summed E-state index contributed by atoms with van der Waals surface area (Å²) in [5.74, 6) is 1.48. The van der Waals surface area contributed by atoms with Crippen molar-refractivity contribution in [2.24, 2.45) is 11.8 Å². The van der Waals surface area contributed by atoms with Crippen LogP contribution in [0, 0.1) is 11.8 Å². The Morgan fingerprint density at radius 1 is 0.724 bits per heavy atom. The molecule has 0 saturated carbocycles. The van der Waals surface area contributed by atoms with E-state index in [0.717, 1.165) is 44.1 Å². The van der Waals surface area contributed by atoms with Crippen LogP contribution in [0.15, 0.2) is 0 Å². The second kappa shape index (κ2) is 19.7. The number of hydrogen-bond acceptors (Lipinski definition) is 5. The lowest BCUT2D eigenvalue weighted by Crippen LogP contribution is -2.41. The quantitative estimate of drug-likeness (QED) is 0.269. The molecule has 2 N–H and O–H groups in total. The Morgan fingerprint density at radius 3 is 1.55 bits per heavy atom. The number of aliphatic hydroxyl groups is 2. The second-order valence-corrected chi connectivity index (χ2v) is 8.88. The molecule has 0 aliphatic heterocycles. The fourth-order valence-corrected chi connectivity index (χ4v) is 3.26. The average molecular weight is 418 g/mol. The normalized spacial score (nSPS) is 16.1. The minimum atomic E-state index is -0.515. The molecule has 176 valence electrons. The van der Waals surface area contributed by atoms with Crippen LogP contribution in [0.3, 0.4) is 0 Å². The van der Waals surface area contributed by atoms with Crippen molar-refractivity contribution < 1.29 is 19.7 Å². The average Bonchev–Trinajstić information content (AvgIpc) is 2.70. The Labute approximate surface area is 181 Å². The van der Waals surface area contributed by atoms with Gasteiger partial charge in [0.25, 0.3) is 0 Å². The highest BCUT2D eigenvalue weighted by Crippen LogP contribution is 2.10. The summed E-state index contributed by atoms with van der Waals surface area (Å²) in [6.07, 6.45) is 8.00. The fourth-order valence-electron chi connectivity index (χ4n) is 3.26. The van der Waals surface area contributed by atoms with Crippen LogP contribution in [-0.4, -0.2) is 73.4 Å². The lowest BCUT2D eigenvalue weighted by atomic mass is 10.0. The monoisotopic (exact) mass is 417 g/mol. The first-order chi connectivity index (χ1) is 13.9. The van der Waals surface area contributed by atoms with E-state index >= 15 is 0 Å². The van der Waals surface area contributed by atoms with Crippen LogP contribution in [0.5, 0.6) is 0 Å². The van der Waals surface area contributed by atoms with E-state index in [9.17, 15) is 10.2 Å². The van der Waals surface area contributed by atoms with E-state index in [2.05, 4.69) is 39.5 Å². The molecule has 0 rings (SSSR count). The molecular weight excluding hydrogens is 366 g/mol. The fraction of sp³-hybridized carbons (Fsp3) is 1.00. The summed E-state index contributed by atoms with van der Waals surface area (Å²) in [5, 5.41) is 20.7. The zero-order chi connectivity index (χ0) is 21.9. The highest BCUT2D eigenvalue weighted by molar-refractivity contribution is 4.69. The summed E-state index contributed by atoms with van der Waals surface area (Å²) in [6, 6.07) is 0. The van der Waals surface area contributed by atoms with Crippen molar-refractivity contribution in [3.05, 3.63) is 0 Å². The Hall–Kier alpha value is -0.200. The van der Waals surface area contributed by atoms with Gasteiger partial charge in [0.05, 0.1) is 25.4 Å². The van der Waals surface area contributed by atoms with E-state index in [-0.39, 0.29) is 0 Å². The van der Waals surface area contributed by atoms with Crippen molar-refractivity contribution in [3.8, 4) is 0 Å². The Kier molecular flexibility index (Phi) is 19.6. The molecule has 0 radical (unpaired) electrons. The molecule has 0 amide bonds. The van der Waals surface area contributed by atoms with E-state index < -0.39 is 12.2 Å². The van der Waals surface area contributed by atoms with Gasteiger partial charge >= 0.3 is 0 Å². The number of hydrogen-bond donors (Lipinski definition) is 2. The Morgan fingerprint density at radius 2 is 1.17 bits per heavy atom. The Balaban J connectivity index is 4.03. The van der Waals surface area contributed by atoms with Crippen LogP contribution in [0.1, 0.15) is 86.0 Å². The summed E-state index contributed by atoms with van der Waals surface area (Å²) in [6.45, 7) is 15.2. The van der Waals surface area contributed by atoms with Crippen LogP contribution in [0.4, 0.5) is 0 Å². The van der Waals surface area contributed by atoms with E-state index in [0.29, 0.717) is 39.5 Å². The lowest BCUT2D eigenvalue weighted by molar-refractivity contribution is -0.0116. The molecule has 0 aromatic heterocycles. The molecule has 0 fully saturated rings. The van der Waals surface area contributed by atoms with Gasteiger partial charge in [-0.2, -0.15) is 0 Å². The van der Waals surface area contributed by atoms with Crippen LogP contribution in [0.25, 0.3) is 0 Å². The van der Waals surface area contributed by atoms with Gasteiger partial charge in [-0.15, -0.1) is 0 Å². The maximum atomic E-state index is 10.3. The molecule has 4 atom stereocenters. The maximum absolute atomic E-state index is 10.3. The van der Waals surface area contributed by atoms with Crippen molar-refractivity contribution in [1.82, 2.24) is 4.90 Å².